The lowest BCUT2D eigenvalue weighted by Gasteiger charge is -2.05. The van der Waals surface area contributed by atoms with Gasteiger partial charge in [0.05, 0.1) is 11.9 Å². The van der Waals surface area contributed by atoms with Gasteiger partial charge < -0.3 is 10.5 Å². The predicted molar refractivity (Wildman–Crippen MR) is 115 cm³/mol. The van der Waals surface area contributed by atoms with E-state index < -0.39 is 0 Å². The van der Waals surface area contributed by atoms with Gasteiger partial charge in [-0.15, -0.1) is 0 Å². The predicted octanol–water partition coefficient (Wildman–Crippen LogP) is 4.14. The van der Waals surface area contributed by atoms with Gasteiger partial charge in [-0.2, -0.15) is 5.10 Å². The van der Waals surface area contributed by atoms with Crippen molar-refractivity contribution in [1.82, 2.24) is 19.7 Å². The smallest absolute Gasteiger partial charge is 0.155 e. The van der Waals surface area contributed by atoms with Crippen LogP contribution in [0.4, 0.5) is 5.82 Å². The fourth-order valence-corrected chi connectivity index (χ4v) is 3.17. The summed E-state index contributed by atoms with van der Waals surface area (Å²) in [5.41, 5.74) is 9.75. The molecule has 29 heavy (non-hydrogen) atoms. The van der Waals surface area contributed by atoms with Gasteiger partial charge in [-0.25, -0.2) is 14.6 Å². The van der Waals surface area contributed by atoms with Crippen molar-refractivity contribution in [3.8, 4) is 11.4 Å². The molecule has 2 N–H and O–H groups in total. The fourth-order valence-electron chi connectivity index (χ4n) is 3.17. The molecule has 0 fully saturated rings. The third kappa shape index (κ3) is 4.43. The first-order chi connectivity index (χ1) is 14.2. The van der Waals surface area contributed by atoms with E-state index in [0.29, 0.717) is 17.9 Å². The molecule has 0 atom stereocenters. The lowest BCUT2D eigenvalue weighted by Crippen LogP contribution is -2.01. The normalized spacial score (nSPS) is 10.9. The van der Waals surface area contributed by atoms with E-state index in [1.54, 1.807) is 10.8 Å². The fraction of sp³-hybridized carbons (Fsp3) is 0.174. The number of ether oxygens (including phenoxy) is 1. The average Bonchev–Trinajstić information content (AvgIpc) is 3.19. The highest BCUT2D eigenvalue weighted by Gasteiger charge is 2.11. The molecule has 6 heteroatoms. The summed E-state index contributed by atoms with van der Waals surface area (Å²) in [6.07, 6.45) is 6.26. The van der Waals surface area contributed by atoms with Gasteiger partial charge in [0.2, 0.25) is 0 Å². The first kappa shape index (κ1) is 18.7. The van der Waals surface area contributed by atoms with Gasteiger partial charge >= 0.3 is 0 Å². The Morgan fingerprint density at radius 2 is 1.79 bits per heavy atom. The number of nitrogens with zero attached hydrogens (tertiary/aromatic N) is 4. The van der Waals surface area contributed by atoms with E-state index in [1.165, 1.54) is 5.56 Å². The van der Waals surface area contributed by atoms with Crippen molar-refractivity contribution >= 4 is 16.9 Å². The number of aryl methyl sites for hydroxylation is 2. The molecule has 0 spiro atoms. The lowest BCUT2D eigenvalue weighted by molar-refractivity contribution is 0.363. The Morgan fingerprint density at radius 1 is 1.00 bits per heavy atom. The molecular weight excluding hydrogens is 362 g/mol. The Morgan fingerprint density at radius 3 is 2.55 bits per heavy atom. The first-order valence-corrected chi connectivity index (χ1v) is 9.63. The van der Waals surface area contributed by atoms with Gasteiger partial charge in [-0.05, 0) is 42.7 Å². The van der Waals surface area contributed by atoms with E-state index >= 15 is 0 Å². The Bertz CT molecular complexity index is 1100. The van der Waals surface area contributed by atoms with Crippen molar-refractivity contribution in [3.05, 3.63) is 84.8 Å². The molecule has 0 unspecified atom stereocenters. The molecule has 0 saturated heterocycles. The highest BCUT2D eigenvalue weighted by Crippen LogP contribution is 2.19. The third-order valence-electron chi connectivity index (χ3n) is 4.61. The van der Waals surface area contributed by atoms with Crippen molar-refractivity contribution < 1.29 is 4.74 Å². The highest BCUT2D eigenvalue weighted by atomic mass is 16.5. The van der Waals surface area contributed by atoms with Gasteiger partial charge in [0, 0.05) is 6.42 Å². The van der Waals surface area contributed by atoms with E-state index in [-0.39, 0.29) is 0 Å². The van der Waals surface area contributed by atoms with E-state index in [0.717, 1.165) is 42.0 Å². The maximum atomic E-state index is 6.14. The quantitative estimate of drug-likeness (QED) is 0.461. The summed E-state index contributed by atoms with van der Waals surface area (Å²) in [6, 6.07) is 18.0. The molecule has 2 heterocycles. The number of anilines is 1. The van der Waals surface area contributed by atoms with Crippen LogP contribution >= 0.6 is 0 Å². The molecular formula is C23H23N5O. The number of benzene rings is 2. The van der Waals surface area contributed by atoms with Crippen molar-refractivity contribution in [3.63, 3.8) is 0 Å². The molecule has 146 valence electrons. The molecule has 2 aromatic carbocycles. The summed E-state index contributed by atoms with van der Waals surface area (Å²) in [6.45, 7) is 4.17. The van der Waals surface area contributed by atoms with Crippen LogP contribution in [-0.2, 0) is 12.8 Å². The number of aromatic nitrogens is 4. The van der Waals surface area contributed by atoms with Crippen LogP contribution in [0.25, 0.3) is 16.7 Å². The Kier molecular flexibility index (Phi) is 5.52. The monoisotopic (exact) mass is 385 g/mol. The van der Waals surface area contributed by atoms with Crippen molar-refractivity contribution in [2.75, 3.05) is 12.3 Å². The summed E-state index contributed by atoms with van der Waals surface area (Å²) in [7, 11) is 0. The van der Waals surface area contributed by atoms with Crippen molar-refractivity contribution in [2.45, 2.75) is 19.3 Å². The Labute approximate surface area is 169 Å². The Hall–Kier alpha value is -3.67. The number of hydrogen-bond donors (Lipinski definition) is 1. The van der Waals surface area contributed by atoms with Crippen LogP contribution in [0, 0.1) is 0 Å². The van der Waals surface area contributed by atoms with Crippen LogP contribution in [-0.4, -0.2) is 26.4 Å². The van der Waals surface area contributed by atoms with Gasteiger partial charge in [0.1, 0.15) is 23.7 Å². The van der Waals surface area contributed by atoms with E-state index in [4.69, 9.17) is 10.5 Å². The van der Waals surface area contributed by atoms with Crippen molar-refractivity contribution in [1.29, 1.82) is 0 Å². The molecule has 0 aliphatic carbocycles. The minimum atomic E-state index is 0.420. The summed E-state index contributed by atoms with van der Waals surface area (Å²) in [5.74, 6) is 2.02. The summed E-state index contributed by atoms with van der Waals surface area (Å²) < 4.78 is 7.30. The molecule has 6 nitrogen and oxygen atoms in total. The van der Waals surface area contributed by atoms with Gasteiger partial charge in [-0.3, -0.25) is 0 Å². The maximum Gasteiger partial charge on any atom is 0.155 e. The highest BCUT2D eigenvalue weighted by molar-refractivity contribution is 5.83. The molecule has 4 rings (SSSR count). The van der Waals surface area contributed by atoms with Crippen LogP contribution in [0.15, 0.2) is 73.4 Å². The number of hydrogen-bond acceptors (Lipinski definition) is 5. The van der Waals surface area contributed by atoms with Crippen molar-refractivity contribution in [2.24, 2.45) is 0 Å². The zero-order valence-corrected chi connectivity index (χ0v) is 16.2. The van der Waals surface area contributed by atoms with Gasteiger partial charge in [0.15, 0.2) is 11.3 Å². The lowest BCUT2D eigenvalue weighted by atomic mass is 10.1. The number of rotatable bonds is 8. The molecule has 0 aliphatic heterocycles. The van der Waals surface area contributed by atoms with Crippen LogP contribution in [0.1, 0.15) is 17.8 Å². The topological polar surface area (TPSA) is 78.9 Å². The number of para-hydroxylation sites is 1. The average molecular weight is 385 g/mol. The maximum absolute atomic E-state index is 6.14. The molecule has 0 amide bonds. The molecule has 0 saturated carbocycles. The van der Waals surface area contributed by atoms with Gasteiger partial charge in [-0.1, -0.05) is 43.0 Å². The second-order valence-corrected chi connectivity index (χ2v) is 6.77. The first-order valence-electron chi connectivity index (χ1n) is 9.63. The minimum Gasteiger partial charge on any atom is -0.490 e. The Balaban J connectivity index is 1.42. The molecule has 4 aromatic rings. The summed E-state index contributed by atoms with van der Waals surface area (Å²) in [4.78, 5) is 9.11. The van der Waals surface area contributed by atoms with E-state index in [1.807, 2.05) is 48.7 Å². The molecule has 2 aromatic heterocycles. The number of nitrogens with two attached hydrogens (primary N) is 1. The van der Waals surface area contributed by atoms with E-state index in [2.05, 4.69) is 33.8 Å². The second kappa shape index (κ2) is 8.56. The summed E-state index contributed by atoms with van der Waals surface area (Å²) >= 11 is 0. The second-order valence-electron chi connectivity index (χ2n) is 6.77. The largest absolute Gasteiger partial charge is 0.490 e. The third-order valence-corrected chi connectivity index (χ3v) is 4.61. The van der Waals surface area contributed by atoms with Crippen LogP contribution in [0.5, 0.6) is 5.75 Å². The van der Waals surface area contributed by atoms with Gasteiger partial charge in [0.25, 0.3) is 0 Å². The molecule has 0 radical (unpaired) electrons. The van der Waals surface area contributed by atoms with Crippen LogP contribution < -0.4 is 10.5 Å². The zero-order valence-electron chi connectivity index (χ0n) is 16.2. The SMILES string of the molecule is C=CCOc1ccc(CCCc2nc(N)c3nn(-c4ccccc4)cc3n2)cc1. The molecule has 0 aliphatic rings. The van der Waals surface area contributed by atoms with E-state index in [9.17, 15) is 0 Å². The zero-order chi connectivity index (χ0) is 20.1. The minimum absolute atomic E-state index is 0.420. The van der Waals surface area contributed by atoms with Crippen LogP contribution in [0.3, 0.4) is 0 Å². The van der Waals surface area contributed by atoms with Crippen LogP contribution in [0.2, 0.25) is 0 Å². The molecule has 0 bridgehead atoms. The number of fused-ring (bicyclic) bond motifs is 1. The number of nitrogen functional groups attached to an aromatic ring is 1. The summed E-state index contributed by atoms with van der Waals surface area (Å²) in [5, 5.41) is 4.53. The standard InChI is InChI=1S/C23H23N5O/c1-2-15-29-19-13-11-17(12-14-19)7-6-10-21-25-20-16-28(18-8-4-3-5-9-18)27-22(20)23(24)26-21/h2-5,8-9,11-14,16H,1,6-7,10,15H2,(H2,24,25,26).